The number of benzene rings is 1. The molecule has 0 N–H and O–H groups in total. The predicted octanol–water partition coefficient (Wildman–Crippen LogP) is 3.01. The Morgan fingerprint density at radius 3 is 2.90 bits per heavy atom. The van der Waals surface area contributed by atoms with Crippen LogP contribution in [0.3, 0.4) is 0 Å². The van der Waals surface area contributed by atoms with Crippen molar-refractivity contribution in [2.45, 2.75) is 32.4 Å². The highest BCUT2D eigenvalue weighted by atomic mass is 16.5. The van der Waals surface area contributed by atoms with Gasteiger partial charge in [-0.05, 0) is 25.5 Å². The van der Waals surface area contributed by atoms with Gasteiger partial charge >= 0.3 is 0 Å². The smallest absolute Gasteiger partial charge is 0.145 e. The van der Waals surface area contributed by atoms with E-state index in [1.54, 1.807) is 7.11 Å². The van der Waals surface area contributed by atoms with Gasteiger partial charge in [-0.15, -0.1) is 0 Å². The van der Waals surface area contributed by atoms with Gasteiger partial charge in [0.25, 0.3) is 0 Å². The number of anilines is 1. The van der Waals surface area contributed by atoms with E-state index in [2.05, 4.69) is 33.8 Å². The number of ether oxygens (including phenoxy) is 1. The number of nitrogens with zero attached hydrogens (tertiary/aromatic N) is 3. The van der Waals surface area contributed by atoms with Crippen molar-refractivity contribution in [3.05, 3.63) is 30.0 Å². The summed E-state index contributed by atoms with van der Waals surface area (Å²) in [5.74, 6) is 0.865. The zero-order chi connectivity index (χ0) is 14.4. The van der Waals surface area contributed by atoms with Crippen LogP contribution in [0.5, 0.6) is 5.75 Å². The lowest BCUT2D eigenvalue weighted by atomic mass is 10.0. The Morgan fingerprint density at radius 1 is 1.33 bits per heavy atom. The topological polar surface area (TPSA) is 28.6 Å². The van der Waals surface area contributed by atoms with Crippen molar-refractivity contribution in [3.8, 4) is 5.75 Å². The van der Waals surface area contributed by atoms with Crippen LogP contribution < -0.4 is 9.64 Å². The number of rotatable bonds is 3. The van der Waals surface area contributed by atoms with Crippen LogP contribution in [-0.2, 0) is 6.54 Å². The second-order valence-electron chi connectivity index (χ2n) is 5.98. The third-order valence-corrected chi connectivity index (χ3v) is 4.60. The molecule has 4 nitrogen and oxygen atoms in total. The monoisotopic (exact) mass is 283 g/mol. The summed E-state index contributed by atoms with van der Waals surface area (Å²) in [5, 5.41) is 1.23. The van der Waals surface area contributed by atoms with Gasteiger partial charge in [0, 0.05) is 29.7 Å². The fraction of sp³-hybridized carbons (Fsp3) is 0.471. The zero-order valence-electron chi connectivity index (χ0n) is 12.7. The van der Waals surface area contributed by atoms with Gasteiger partial charge in [-0.3, -0.25) is 9.88 Å². The summed E-state index contributed by atoms with van der Waals surface area (Å²) < 4.78 is 5.48. The van der Waals surface area contributed by atoms with Gasteiger partial charge in [-0.1, -0.05) is 19.1 Å². The molecule has 0 amide bonds. The van der Waals surface area contributed by atoms with Crippen molar-refractivity contribution in [1.82, 2.24) is 9.88 Å². The van der Waals surface area contributed by atoms with Crippen molar-refractivity contribution < 1.29 is 4.74 Å². The van der Waals surface area contributed by atoms with Crippen molar-refractivity contribution in [3.63, 3.8) is 0 Å². The fourth-order valence-electron chi connectivity index (χ4n) is 3.32. The maximum atomic E-state index is 5.48. The molecule has 1 aromatic heterocycles. The molecule has 1 aliphatic carbocycles. The lowest BCUT2D eigenvalue weighted by molar-refractivity contribution is 0.264. The summed E-state index contributed by atoms with van der Waals surface area (Å²) in [6.07, 6.45) is 4.66. The number of para-hydroxylation sites is 1. The van der Waals surface area contributed by atoms with E-state index in [1.165, 1.54) is 29.5 Å². The third-order valence-electron chi connectivity index (χ3n) is 4.60. The zero-order valence-corrected chi connectivity index (χ0v) is 12.7. The molecule has 21 heavy (non-hydrogen) atoms. The lowest BCUT2D eigenvalue weighted by Crippen LogP contribution is -2.43. The molecule has 4 heteroatoms. The highest BCUT2D eigenvalue weighted by molar-refractivity contribution is 5.97. The minimum Gasteiger partial charge on any atom is -0.494 e. The van der Waals surface area contributed by atoms with Crippen LogP contribution in [0.2, 0.25) is 0 Å². The minimum absolute atomic E-state index is 0.704. The van der Waals surface area contributed by atoms with Gasteiger partial charge in [-0.2, -0.15) is 0 Å². The van der Waals surface area contributed by atoms with E-state index in [1.807, 2.05) is 12.3 Å². The number of hydrogen-bond acceptors (Lipinski definition) is 4. The molecule has 1 aliphatic heterocycles. The molecule has 1 saturated carbocycles. The number of fused-ring (bicyclic) bond motifs is 3. The molecule has 0 unspecified atom stereocenters. The number of hydrogen-bond donors (Lipinski definition) is 0. The molecule has 2 heterocycles. The summed E-state index contributed by atoms with van der Waals surface area (Å²) in [4.78, 5) is 9.73. The average Bonchev–Trinajstić information content (AvgIpc) is 3.37. The lowest BCUT2D eigenvalue weighted by Gasteiger charge is -2.38. The maximum absolute atomic E-state index is 5.48. The summed E-state index contributed by atoms with van der Waals surface area (Å²) in [7, 11) is 1.72. The molecule has 0 atom stereocenters. The molecule has 1 aromatic carbocycles. The van der Waals surface area contributed by atoms with Crippen molar-refractivity contribution in [2.24, 2.45) is 0 Å². The molecule has 0 bridgehead atoms. The summed E-state index contributed by atoms with van der Waals surface area (Å²) in [6.45, 7) is 5.34. The molecular weight excluding hydrogens is 262 g/mol. The first-order valence-corrected chi connectivity index (χ1v) is 7.75. The molecule has 0 radical (unpaired) electrons. The fourth-order valence-corrected chi connectivity index (χ4v) is 3.32. The predicted molar refractivity (Wildman–Crippen MR) is 84.7 cm³/mol. The van der Waals surface area contributed by atoms with Crippen LogP contribution in [0.1, 0.15) is 25.3 Å². The first-order chi connectivity index (χ1) is 10.3. The quantitative estimate of drug-likeness (QED) is 0.866. The normalized spacial score (nSPS) is 18.9. The third kappa shape index (κ3) is 2.05. The Morgan fingerprint density at radius 2 is 2.19 bits per heavy atom. The van der Waals surface area contributed by atoms with Crippen molar-refractivity contribution in [1.29, 1.82) is 0 Å². The van der Waals surface area contributed by atoms with Crippen molar-refractivity contribution >= 4 is 16.6 Å². The molecule has 110 valence electrons. The maximum Gasteiger partial charge on any atom is 0.145 e. The summed E-state index contributed by atoms with van der Waals surface area (Å²) >= 11 is 0. The Balaban J connectivity index is 1.92. The Labute approximate surface area is 125 Å². The van der Waals surface area contributed by atoms with Crippen LogP contribution in [0, 0.1) is 0 Å². The number of pyridine rings is 1. The first kappa shape index (κ1) is 12.9. The van der Waals surface area contributed by atoms with E-state index in [9.17, 15) is 0 Å². The van der Waals surface area contributed by atoms with Crippen LogP contribution in [0.25, 0.3) is 10.9 Å². The minimum atomic E-state index is 0.704. The molecule has 0 spiro atoms. The molecule has 2 aliphatic rings. The Kier molecular flexibility index (Phi) is 3.00. The second-order valence-corrected chi connectivity index (χ2v) is 5.98. The Hall–Kier alpha value is -1.81. The standard InChI is InChI=1S/C17H21N3O/c1-3-19-10-12-9-18-16-14(5-4-6-15(16)21-2)17(12)20(11-19)13-7-8-13/h4-6,9,13H,3,7-8,10-11H2,1-2H3. The van der Waals surface area contributed by atoms with Gasteiger partial charge < -0.3 is 9.64 Å². The van der Waals surface area contributed by atoms with Gasteiger partial charge in [0.05, 0.1) is 19.5 Å². The van der Waals surface area contributed by atoms with Gasteiger partial charge in [0.15, 0.2) is 0 Å². The summed E-state index contributed by atoms with van der Waals surface area (Å²) in [6, 6.07) is 6.95. The van der Waals surface area contributed by atoms with Crippen molar-refractivity contribution in [2.75, 3.05) is 25.2 Å². The van der Waals surface area contributed by atoms with E-state index >= 15 is 0 Å². The van der Waals surface area contributed by atoms with E-state index in [-0.39, 0.29) is 0 Å². The van der Waals surface area contributed by atoms with Crippen LogP contribution >= 0.6 is 0 Å². The molecule has 1 fully saturated rings. The molecule has 4 rings (SSSR count). The van der Waals surface area contributed by atoms with Gasteiger partial charge in [0.1, 0.15) is 11.3 Å². The van der Waals surface area contributed by atoms with E-state index in [4.69, 9.17) is 4.74 Å². The van der Waals surface area contributed by atoms with Crippen LogP contribution in [0.15, 0.2) is 24.4 Å². The average molecular weight is 283 g/mol. The molecular formula is C17H21N3O. The molecule has 2 aromatic rings. The SMILES string of the molecule is CCN1Cc2cnc3c(OC)cccc3c2N(C2CC2)C1. The first-order valence-electron chi connectivity index (χ1n) is 7.75. The van der Waals surface area contributed by atoms with Crippen LogP contribution in [-0.4, -0.2) is 36.2 Å². The Bertz CT molecular complexity index is 681. The second kappa shape index (κ2) is 4.88. The number of methoxy groups -OCH3 is 1. The summed E-state index contributed by atoms with van der Waals surface area (Å²) in [5.41, 5.74) is 3.70. The van der Waals surface area contributed by atoms with Gasteiger partial charge in [0.2, 0.25) is 0 Å². The van der Waals surface area contributed by atoms with Gasteiger partial charge in [-0.25, -0.2) is 0 Å². The largest absolute Gasteiger partial charge is 0.494 e. The van der Waals surface area contributed by atoms with Crippen LogP contribution in [0.4, 0.5) is 5.69 Å². The van der Waals surface area contributed by atoms with E-state index in [0.29, 0.717) is 6.04 Å². The van der Waals surface area contributed by atoms with E-state index < -0.39 is 0 Å². The molecule has 0 saturated heterocycles. The highest BCUT2D eigenvalue weighted by Gasteiger charge is 2.35. The number of aromatic nitrogens is 1. The van der Waals surface area contributed by atoms with E-state index in [0.717, 1.165) is 31.0 Å². The highest BCUT2D eigenvalue weighted by Crippen LogP contribution is 2.41.